The summed E-state index contributed by atoms with van der Waals surface area (Å²) in [6.07, 6.45) is 7.04. The molecule has 2 fully saturated rings. The summed E-state index contributed by atoms with van der Waals surface area (Å²) in [5.74, 6) is 0.401. The predicted octanol–water partition coefficient (Wildman–Crippen LogP) is 2.02. The molecule has 2 aliphatic rings. The quantitative estimate of drug-likeness (QED) is 0.374. The molecule has 1 amide bonds. The van der Waals surface area contributed by atoms with E-state index in [-0.39, 0.29) is 24.1 Å². The van der Waals surface area contributed by atoms with Gasteiger partial charge >= 0.3 is 0 Å². The minimum atomic E-state index is -0.507. The van der Waals surface area contributed by atoms with E-state index in [1.54, 1.807) is 24.9 Å². The molecule has 0 spiro atoms. The Balaban J connectivity index is 1.47. The van der Waals surface area contributed by atoms with Crippen LogP contribution in [0.2, 0.25) is 0 Å². The van der Waals surface area contributed by atoms with Gasteiger partial charge in [0.25, 0.3) is 5.91 Å². The molecule has 188 valence electrons. The highest BCUT2D eigenvalue weighted by Crippen LogP contribution is 2.35. The second-order valence-corrected chi connectivity index (χ2v) is 9.32. The first-order chi connectivity index (χ1) is 17.6. The van der Waals surface area contributed by atoms with Crippen molar-refractivity contribution in [3.63, 3.8) is 0 Å². The molecule has 4 aromatic rings. The molecule has 4 aromatic heterocycles. The summed E-state index contributed by atoms with van der Waals surface area (Å²) in [5.41, 5.74) is 3.25. The highest BCUT2D eigenvalue weighted by Gasteiger charge is 2.32. The first-order valence-corrected chi connectivity index (χ1v) is 12.2. The lowest BCUT2D eigenvalue weighted by atomic mass is 9.89. The predicted molar refractivity (Wildman–Crippen MR) is 133 cm³/mol. The van der Waals surface area contributed by atoms with Gasteiger partial charge in [0.1, 0.15) is 23.1 Å². The van der Waals surface area contributed by atoms with Gasteiger partial charge in [-0.3, -0.25) is 4.79 Å². The molecule has 11 heteroatoms. The third kappa shape index (κ3) is 3.71. The highest BCUT2D eigenvalue weighted by molar-refractivity contribution is 6.01. The maximum absolute atomic E-state index is 13.0. The van der Waals surface area contributed by atoms with Crippen molar-refractivity contribution < 1.29 is 19.4 Å². The Hall–Kier alpha value is -3.54. The van der Waals surface area contributed by atoms with E-state index < -0.39 is 6.10 Å². The fourth-order valence-corrected chi connectivity index (χ4v) is 5.12. The molecule has 3 N–H and O–H groups in total. The number of hydrogen-bond acceptors (Lipinski definition) is 8. The molecule has 11 nitrogen and oxygen atoms in total. The molecule has 6 rings (SSSR count). The number of amides is 1. The number of methoxy groups -OCH3 is 1. The fourth-order valence-electron chi connectivity index (χ4n) is 5.12. The van der Waals surface area contributed by atoms with Crippen molar-refractivity contribution in [3.05, 3.63) is 42.4 Å². The number of carbonyl (C=O) groups excluding carboxylic acids is 1. The van der Waals surface area contributed by atoms with E-state index in [1.807, 2.05) is 18.2 Å². The standard InChI is InChI=1S/C25H29N7O4/c1-26-22-10-18(29-24-15(11-28-32(22)24)25(34)30-17-5-6-20(17)33)16-12-31(23-14(16)4-3-8-27-23)19-7-9-36-13-21(19)35-2/h3-4,8,10-12,17,19-21,26,33H,5-7,9,13H2,1-2H3,(H,30,34)/t17-,19-,20+,21+/m1/s1. The van der Waals surface area contributed by atoms with Crippen molar-refractivity contribution in [2.24, 2.45) is 0 Å². The number of aromatic nitrogens is 5. The number of rotatable bonds is 6. The summed E-state index contributed by atoms with van der Waals surface area (Å²) in [7, 11) is 3.51. The van der Waals surface area contributed by atoms with Crippen LogP contribution in [0.4, 0.5) is 5.82 Å². The first-order valence-electron chi connectivity index (χ1n) is 12.2. The van der Waals surface area contributed by atoms with E-state index >= 15 is 0 Å². The van der Waals surface area contributed by atoms with Crippen LogP contribution in [0.5, 0.6) is 0 Å². The first kappa shape index (κ1) is 22.9. The van der Waals surface area contributed by atoms with Gasteiger partial charge in [0, 0.05) is 50.2 Å². The van der Waals surface area contributed by atoms with Gasteiger partial charge in [-0.25, -0.2) is 9.97 Å². The van der Waals surface area contributed by atoms with E-state index in [0.29, 0.717) is 42.4 Å². The molecule has 0 bridgehead atoms. The number of fused-ring (bicyclic) bond motifs is 2. The Labute approximate surface area is 207 Å². The maximum Gasteiger partial charge on any atom is 0.257 e. The van der Waals surface area contributed by atoms with Crippen LogP contribution in [0, 0.1) is 0 Å². The number of hydrogen-bond donors (Lipinski definition) is 3. The fraction of sp³-hybridized carbons (Fsp3) is 0.440. The van der Waals surface area contributed by atoms with Crippen LogP contribution in [0.15, 0.2) is 36.8 Å². The molecular weight excluding hydrogens is 462 g/mol. The van der Waals surface area contributed by atoms with Gasteiger partial charge in [-0.1, -0.05) is 0 Å². The summed E-state index contributed by atoms with van der Waals surface area (Å²) < 4.78 is 15.1. The van der Waals surface area contributed by atoms with Gasteiger partial charge in [0.15, 0.2) is 5.65 Å². The molecule has 0 unspecified atom stereocenters. The van der Waals surface area contributed by atoms with Crippen molar-refractivity contribution in [1.29, 1.82) is 0 Å². The van der Waals surface area contributed by atoms with Crippen LogP contribution in [0.1, 0.15) is 35.7 Å². The molecule has 1 saturated carbocycles. The molecular formula is C25H29N7O4. The molecule has 36 heavy (non-hydrogen) atoms. The molecule has 5 heterocycles. The normalized spacial score (nSPS) is 24.1. The van der Waals surface area contributed by atoms with Crippen molar-refractivity contribution in [2.45, 2.75) is 43.6 Å². The smallest absolute Gasteiger partial charge is 0.257 e. The number of nitrogens with one attached hydrogen (secondary N) is 2. The van der Waals surface area contributed by atoms with Gasteiger partial charge in [0.05, 0.1) is 36.7 Å². The second-order valence-electron chi connectivity index (χ2n) is 9.32. The van der Waals surface area contributed by atoms with Crippen molar-refractivity contribution in [1.82, 2.24) is 29.5 Å². The Bertz CT molecular complexity index is 1430. The average molecular weight is 492 g/mol. The van der Waals surface area contributed by atoms with Gasteiger partial charge in [-0.05, 0) is 31.4 Å². The van der Waals surface area contributed by atoms with Gasteiger partial charge in [0.2, 0.25) is 0 Å². The van der Waals surface area contributed by atoms with Crippen LogP contribution < -0.4 is 10.6 Å². The Kier molecular flexibility index (Phi) is 5.82. The average Bonchev–Trinajstić information content (AvgIpc) is 3.52. The van der Waals surface area contributed by atoms with Gasteiger partial charge in [-0.2, -0.15) is 9.61 Å². The van der Waals surface area contributed by atoms with Gasteiger partial charge < -0.3 is 29.8 Å². The van der Waals surface area contributed by atoms with Crippen LogP contribution in [0.3, 0.4) is 0 Å². The summed E-state index contributed by atoms with van der Waals surface area (Å²) >= 11 is 0. The molecule has 0 aromatic carbocycles. The Morgan fingerprint density at radius 2 is 2.17 bits per heavy atom. The van der Waals surface area contributed by atoms with Crippen LogP contribution >= 0.6 is 0 Å². The number of carbonyl (C=O) groups is 1. The third-order valence-electron chi connectivity index (χ3n) is 7.32. The molecule has 4 atom stereocenters. The van der Waals surface area contributed by atoms with Crippen molar-refractivity contribution in [2.75, 3.05) is 32.7 Å². The lowest BCUT2D eigenvalue weighted by Crippen LogP contribution is -2.50. The van der Waals surface area contributed by atoms with Crippen molar-refractivity contribution in [3.8, 4) is 11.3 Å². The maximum atomic E-state index is 13.0. The van der Waals surface area contributed by atoms with Crippen LogP contribution in [-0.2, 0) is 9.47 Å². The number of anilines is 1. The third-order valence-corrected chi connectivity index (χ3v) is 7.32. The van der Waals surface area contributed by atoms with Gasteiger partial charge in [-0.15, -0.1) is 0 Å². The van der Waals surface area contributed by atoms with Crippen LogP contribution in [-0.4, -0.2) is 80.8 Å². The summed E-state index contributed by atoms with van der Waals surface area (Å²) in [5, 5.41) is 21.3. The zero-order valence-corrected chi connectivity index (χ0v) is 20.2. The van der Waals surface area contributed by atoms with Crippen LogP contribution in [0.25, 0.3) is 27.9 Å². The number of aliphatic hydroxyl groups is 1. The number of pyridine rings is 1. The molecule has 1 aliphatic heterocycles. The minimum absolute atomic E-state index is 0.0765. The summed E-state index contributed by atoms with van der Waals surface area (Å²) in [6.45, 7) is 1.19. The topological polar surface area (TPSA) is 128 Å². The number of nitrogens with zero attached hydrogens (tertiary/aromatic N) is 5. The largest absolute Gasteiger partial charge is 0.391 e. The molecule has 1 aliphatic carbocycles. The van der Waals surface area contributed by atoms with E-state index in [4.69, 9.17) is 14.5 Å². The lowest BCUT2D eigenvalue weighted by molar-refractivity contribution is -0.0592. The highest BCUT2D eigenvalue weighted by atomic mass is 16.5. The second kappa shape index (κ2) is 9.16. The lowest BCUT2D eigenvalue weighted by Gasteiger charge is -2.32. The minimum Gasteiger partial charge on any atom is -0.391 e. The van der Waals surface area contributed by atoms with E-state index in [9.17, 15) is 9.90 Å². The van der Waals surface area contributed by atoms with E-state index in [2.05, 4.69) is 31.5 Å². The Morgan fingerprint density at radius 1 is 1.28 bits per heavy atom. The summed E-state index contributed by atoms with van der Waals surface area (Å²) in [4.78, 5) is 22.6. The SMILES string of the molecule is CNc1cc(-c2cn([C@@H]3CCOC[C@@H]3OC)c3ncccc23)nc2c(C(=O)N[C@@H]3CC[C@@H]3O)cnn12. The zero-order valence-electron chi connectivity index (χ0n) is 20.2. The molecule has 1 saturated heterocycles. The molecule has 0 radical (unpaired) electrons. The monoisotopic (exact) mass is 491 g/mol. The number of aliphatic hydroxyl groups excluding tert-OH is 1. The van der Waals surface area contributed by atoms with E-state index in [1.165, 1.54) is 6.20 Å². The summed E-state index contributed by atoms with van der Waals surface area (Å²) in [6, 6.07) is 5.70. The van der Waals surface area contributed by atoms with E-state index in [0.717, 1.165) is 29.4 Å². The Morgan fingerprint density at radius 3 is 2.92 bits per heavy atom. The van der Waals surface area contributed by atoms with Crippen molar-refractivity contribution >= 4 is 28.4 Å². The zero-order chi connectivity index (χ0) is 24.8. The number of ether oxygens (including phenoxy) is 2.